The van der Waals surface area contributed by atoms with E-state index in [9.17, 15) is 37.9 Å². The molecule has 0 N–H and O–H groups in total. The van der Waals surface area contributed by atoms with Crippen LogP contribution in [0.15, 0.2) is 101 Å². The van der Waals surface area contributed by atoms with Crippen LogP contribution in [0.1, 0.15) is 62.7 Å². The third-order valence-electron chi connectivity index (χ3n) is 8.03. The van der Waals surface area contributed by atoms with Gasteiger partial charge in [0.15, 0.2) is 0 Å². The summed E-state index contributed by atoms with van der Waals surface area (Å²) in [7, 11) is 0. The number of rotatable bonds is 8. The van der Waals surface area contributed by atoms with Crippen LogP contribution in [0, 0.1) is 0 Å². The lowest BCUT2D eigenvalue weighted by Gasteiger charge is -2.28. The van der Waals surface area contributed by atoms with Crippen LogP contribution in [-0.4, -0.2) is 33.2 Å². The van der Waals surface area contributed by atoms with Crippen molar-refractivity contribution in [3.63, 3.8) is 0 Å². The summed E-state index contributed by atoms with van der Waals surface area (Å²) in [5.74, 6) is -1.08. The van der Waals surface area contributed by atoms with Gasteiger partial charge in [-0.15, -0.1) is 0 Å². The topological polar surface area (TPSA) is 160 Å². The molecule has 0 saturated carbocycles. The van der Waals surface area contributed by atoms with Crippen molar-refractivity contribution in [2.75, 3.05) is 9.80 Å². The maximum absolute atomic E-state index is 14.5. The third kappa shape index (κ3) is 8.08. The summed E-state index contributed by atoms with van der Waals surface area (Å²) in [5, 5.41) is 3.84. The molecule has 2 atom stereocenters. The van der Waals surface area contributed by atoms with Gasteiger partial charge >= 0.3 is 18.4 Å². The molecular weight excluding hydrogens is 683 g/mol. The summed E-state index contributed by atoms with van der Waals surface area (Å²) in [5.41, 5.74) is 5.15. The number of ether oxygens (including phenoxy) is 2. The summed E-state index contributed by atoms with van der Waals surface area (Å²) in [6, 6.07) is 19.1. The van der Waals surface area contributed by atoms with Gasteiger partial charge in [-0.25, -0.2) is 19.5 Å². The maximum atomic E-state index is 14.5. The van der Waals surface area contributed by atoms with Crippen molar-refractivity contribution in [1.82, 2.24) is 9.55 Å². The summed E-state index contributed by atoms with van der Waals surface area (Å²) in [6.45, 7) is 5.48. The zero-order valence-electron chi connectivity index (χ0n) is 28.6. The van der Waals surface area contributed by atoms with Gasteiger partial charge in [0.25, 0.3) is 11.5 Å². The highest BCUT2D eigenvalue weighted by Gasteiger charge is 2.49. The van der Waals surface area contributed by atoms with Crippen molar-refractivity contribution >= 4 is 29.5 Å². The van der Waals surface area contributed by atoms with Crippen molar-refractivity contribution < 1.29 is 37.0 Å². The van der Waals surface area contributed by atoms with Crippen LogP contribution in [0.3, 0.4) is 0 Å². The van der Waals surface area contributed by atoms with Gasteiger partial charge in [-0.3, -0.25) is 19.1 Å². The Labute approximate surface area is 295 Å². The molecule has 0 radical (unpaired) electrons. The molecule has 0 saturated heterocycles. The minimum Gasteiger partial charge on any atom is -0.444 e. The number of imide groups is 1. The molecule has 13 nitrogen and oxygen atoms in total. The Morgan fingerprint density at radius 1 is 0.981 bits per heavy atom. The number of carbonyl (C=O) groups is 3. The SMILES string of the molecule is CC(C)(C)OC(=O)N(C(=O)[C@@H]1C[C@@](C)(N=[N+]=[N-])c2ncc(N(Cc3cccc(C(F)(F)F)c3)C(=O)OCc3ccccc3)c(=O)n21)c1ccccc1. The zero-order valence-corrected chi connectivity index (χ0v) is 28.6. The number of benzene rings is 3. The van der Waals surface area contributed by atoms with E-state index in [1.807, 2.05) is 0 Å². The smallest absolute Gasteiger partial charge is 0.421 e. The molecule has 0 spiro atoms. The number of anilines is 2. The first kappa shape index (κ1) is 37.1. The Bertz CT molecular complexity index is 2080. The number of azide groups is 1. The number of halogens is 3. The molecule has 52 heavy (non-hydrogen) atoms. The highest BCUT2D eigenvalue weighted by molar-refractivity contribution is 6.14. The van der Waals surface area contributed by atoms with Crippen LogP contribution < -0.4 is 15.4 Å². The number of nitrogens with zero attached hydrogens (tertiary/aromatic N) is 7. The molecule has 16 heteroatoms. The van der Waals surface area contributed by atoms with E-state index >= 15 is 0 Å². The molecule has 0 fully saturated rings. The summed E-state index contributed by atoms with van der Waals surface area (Å²) >= 11 is 0. The molecule has 3 amide bonds. The summed E-state index contributed by atoms with van der Waals surface area (Å²) in [6.07, 6.45) is -6.15. The standard InChI is InChI=1S/C36H34F3N7O6/c1-34(2,3)52-33(50)45(26-16-9-6-10-17-26)29(47)27-19-35(4,42-43-40)31-41-20-28(30(48)46(27)31)44(32(49)51-22-23-12-7-5-8-13-23)21-24-14-11-15-25(18-24)36(37,38)39/h5-18,20,27H,19,21-22H2,1-4H3/t27-,35+/m0/s1. The van der Waals surface area contributed by atoms with Crippen molar-refractivity contribution in [2.45, 2.75) is 70.6 Å². The van der Waals surface area contributed by atoms with E-state index < -0.39 is 64.8 Å². The fourth-order valence-electron chi connectivity index (χ4n) is 5.70. The zero-order chi connectivity index (χ0) is 37.8. The fraction of sp³-hybridized carbons (Fsp3) is 0.306. The molecule has 2 heterocycles. The van der Waals surface area contributed by atoms with Gasteiger partial charge in [0, 0.05) is 4.91 Å². The maximum Gasteiger partial charge on any atom is 0.421 e. The fourth-order valence-corrected chi connectivity index (χ4v) is 5.70. The van der Waals surface area contributed by atoms with Crippen LogP contribution in [0.5, 0.6) is 0 Å². The second-order valence-electron chi connectivity index (χ2n) is 13.1. The molecule has 1 aromatic heterocycles. The normalized spacial score (nSPS) is 16.6. The quantitative estimate of drug-likeness (QED) is 0.101. The largest absolute Gasteiger partial charge is 0.444 e. The summed E-state index contributed by atoms with van der Waals surface area (Å²) < 4.78 is 52.9. The van der Waals surface area contributed by atoms with Crippen molar-refractivity contribution in [3.05, 3.63) is 134 Å². The second-order valence-corrected chi connectivity index (χ2v) is 13.1. The molecule has 1 aliphatic rings. The van der Waals surface area contributed by atoms with Crippen LogP contribution >= 0.6 is 0 Å². The highest BCUT2D eigenvalue weighted by Crippen LogP contribution is 2.42. The third-order valence-corrected chi connectivity index (χ3v) is 8.03. The Kier molecular flexibility index (Phi) is 10.4. The lowest BCUT2D eigenvalue weighted by atomic mass is 9.97. The molecule has 270 valence electrons. The van der Waals surface area contributed by atoms with Crippen LogP contribution in [-0.2, 0) is 39.1 Å². The predicted octanol–water partition coefficient (Wildman–Crippen LogP) is 8.04. The molecule has 3 aromatic carbocycles. The monoisotopic (exact) mass is 717 g/mol. The predicted molar refractivity (Wildman–Crippen MR) is 183 cm³/mol. The Hall–Kier alpha value is -6.15. The minimum atomic E-state index is -4.69. The van der Waals surface area contributed by atoms with Gasteiger partial charge in [-0.2, -0.15) is 13.2 Å². The van der Waals surface area contributed by atoms with Gasteiger partial charge in [-0.1, -0.05) is 65.8 Å². The van der Waals surface area contributed by atoms with Gasteiger partial charge in [0.05, 0.1) is 24.0 Å². The molecule has 4 aromatic rings. The Morgan fingerprint density at radius 2 is 1.62 bits per heavy atom. The lowest BCUT2D eigenvalue weighted by Crippen LogP contribution is -2.46. The van der Waals surface area contributed by atoms with Crippen molar-refractivity contribution in [1.29, 1.82) is 0 Å². The van der Waals surface area contributed by atoms with E-state index in [1.54, 1.807) is 69.3 Å². The van der Waals surface area contributed by atoms with Crippen LogP contribution in [0.4, 0.5) is 34.1 Å². The number of para-hydroxylation sites is 1. The molecule has 0 bridgehead atoms. The summed E-state index contributed by atoms with van der Waals surface area (Å²) in [4.78, 5) is 65.1. The van der Waals surface area contributed by atoms with E-state index in [2.05, 4.69) is 15.0 Å². The molecule has 1 aliphatic heterocycles. The molecular formula is C36H34F3N7O6. The van der Waals surface area contributed by atoms with Gasteiger partial charge in [0.1, 0.15) is 35.3 Å². The number of carbonyl (C=O) groups excluding carboxylic acids is 3. The van der Waals surface area contributed by atoms with Gasteiger partial charge < -0.3 is 9.47 Å². The first-order valence-corrected chi connectivity index (χ1v) is 16.0. The van der Waals surface area contributed by atoms with E-state index in [0.29, 0.717) is 5.56 Å². The van der Waals surface area contributed by atoms with Crippen LogP contribution in [0.25, 0.3) is 10.4 Å². The number of hydrogen-bond acceptors (Lipinski definition) is 8. The molecule has 5 rings (SSSR count). The van der Waals surface area contributed by atoms with E-state index in [1.165, 1.54) is 25.1 Å². The van der Waals surface area contributed by atoms with Gasteiger partial charge in [-0.05, 0) is 75.0 Å². The number of hydrogen-bond donors (Lipinski definition) is 0. The first-order chi connectivity index (χ1) is 24.5. The second kappa shape index (κ2) is 14.6. The number of aromatic nitrogens is 2. The van der Waals surface area contributed by atoms with Crippen LogP contribution in [0.2, 0.25) is 0 Å². The highest BCUT2D eigenvalue weighted by atomic mass is 19.4. The minimum absolute atomic E-state index is 0.00288. The number of amides is 3. The van der Waals surface area contributed by atoms with Gasteiger partial charge in [0.2, 0.25) is 0 Å². The average molecular weight is 718 g/mol. The van der Waals surface area contributed by atoms with E-state index in [-0.39, 0.29) is 30.1 Å². The van der Waals surface area contributed by atoms with E-state index in [0.717, 1.165) is 38.8 Å². The number of alkyl halides is 3. The molecule has 0 unspecified atom stereocenters. The Morgan fingerprint density at radius 3 is 2.23 bits per heavy atom. The lowest BCUT2D eigenvalue weighted by molar-refractivity contribution is -0.137. The first-order valence-electron chi connectivity index (χ1n) is 16.0. The van der Waals surface area contributed by atoms with E-state index in [4.69, 9.17) is 9.47 Å². The Balaban J connectivity index is 1.64. The number of fused-ring (bicyclic) bond motifs is 1. The molecule has 0 aliphatic carbocycles. The van der Waals surface area contributed by atoms with Crippen molar-refractivity contribution in [3.8, 4) is 0 Å². The van der Waals surface area contributed by atoms with Crippen molar-refractivity contribution in [2.24, 2.45) is 5.11 Å². The average Bonchev–Trinajstić information content (AvgIpc) is 3.39.